The Kier molecular flexibility index (Phi) is 4.24. The van der Waals surface area contributed by atoms with Gasteiger partial charge in [-0.3, -0.25) is 13.7 Å². The lowest BCUT2D eigenvalue weighted by atomic mass is 10.1. The van der Waals surface area contributed by atoms with E-state index in [2.05, 4.69) is 5.11 Å². The Balaban J connectivity index is 3.08. The summed E-state index contributed by atoms with van der Waals surface area (Å²) in [6.45, 7) is 0. The third-order valence-electron chi connectivity index (χ3n) is 2.92. The summed E-state index contributed by atoms with van der Waals surface area (Å²) in [5.74, 6) is 0. The summed E-state index contributed by atoms with van der Waals surface area (Å²) in [6.07, 6.45) is 0. The molecule has 0 atom stereocenters. The van der Waals surface area contributed by atoms with E-state index in [-0.39, 0.29) is 10.8 Å². The fourth-order valence-electron chi connectivity index (χ4n) is 1.96. The quantitative estimate of drug-likeness (QED) is 0.486. The maximum Gasteiger partial charge on any atom is 0.296 e. The van der Waals surface area contributed by atoms with Gasteiger partial charge in [-0.2, -0.15) is 25.3 Å². The average Bonchev–Trinajstić information content (AvgIpc) is 2.41. The van der Waals surface area contributed by atoms with E-state index < -0.39 is 50.7 Å². The molecule has 1 radical (unpaired) electrons. The number of benzene rings is 2. The highest BCUT2D eigenvalue weighted by Gasteiger charge is 2.26. The minimum atomic E-state index is -5.10. The van der Waals surface area contributed by atoms with E-state index in [1.165, 1.54) is 0 Å². The zero-order valence-electron chi connectivity index (χ0n) is 11.2. The Hall–Kier alpha value is -1.97. The monoisotopic (exact) mass is 395 g/mol. The fraction of sp³-hybridized carbons (Fsp3) is 0. The summed E-state index contributed by atoms with van der Waals surface area (Å²) in [7, 11) is -15.0. The van der Waals surface area contributed by atoms with Crippen LogP contribution in [0.2, 0.25) is 0 Å². The van der Waals surface area contributed by atoms with Gasteiger partial charge >= 0.3 is 0 Å². The topological polar surface area (TPSA) is 198 Å². The van der Waals surface area contributed by atoms with Crippen molar-refractivity contribution in [2.75, 3.05) is 0 Å². The van der Waals surface area contributed by atoms with Crippen molar-refractivity contribution in [2.45, 2.75) is 14.7 Å². The Morgan fingerprint density at radius 2 is 1.00 bits per heavy atom. The standard InChI is InChI=1S/C10H7N2O9S3/c11-12-7-1-5-3-9(23(16,17)18)10(24(19,20)21)4-6(5)2-8(7)22(13,14)15/h1-4H,(H,13,14,15)(H,16,17,18)(H,19,20,21). The van der Waals surface area contributed by atoms with E-state index in [4.69, 9.17) is 19.2 Å². The minimum Gasteiger partial charge on any atom is -0.282 e. The Bertz CT molecular complexity index is 1180. The van der Waals surface area contributed by atoms with Crippen molar-refractivity contribution in [1.29, 1.82) is 0 Å². The summed E-state index contributed by atoms with van der Waals surface area (Å²) < 4.78 is 94.9. The highest BCUT2D eigenvalue weighted by atomic mass is 32.2. The van der Waals surface area contributed by atoms with Gasteiger partial charge in [0.25, 0.3) is 30.4 Å². The predicted octanol–water partition coefficient (Wildman–Crippen LogP) is 0.464. The van der Waals surface area contributed by atoms with Gasteiger partial charge in [-0.05, 0) is 40.6 Å². The molecule has 3 N–H and O–H groups in total. The minimum absolute atomic E-state index is 0.157. The van der Waals surface area contributed by atoms with E-state index in [0.29, 0.717) is 18.2 Å². The summed E-state index contributed by atoms with van der Waals surface area (Å²) in [6, 6.07) is 2.71. The highest BCUT2D eigenvalue weighted by Crippen LogP contribution is 2.33. The van der Waals surface area contributed by atoms with E-state index in [9.17, 15) is 25.3 Å². The van der Waals surface area contributed by atoms with E-state index in [1.54, 1.807) is 0 Å². The van der Waals surface area contributed by atoms with Gasteiger partial charge in [0.05, 0.1) is 0 Å². The molecule has 11 nitrogen and oxygen atoms in total. The van der Waals surface area contributed by atoms with Crippen LogP contribution in [0.1, 0.15) is 0 Å². The molecule has 129 valence electrons. The fourth-order valence-corrected chi connectivity index (χ4v) is 4.41. The number of hydrogen-bond acceptors (Lipinski definition) is 7. The highest BCUT2D eigenvalue weighted by molar-refractivity contribution is 7.89. The van der Waals surface area contributed by atoms with Gasteiger partial charge in [0, 0.05) is 0 Å². The molecular weight excluding hydrogens is 388 g/mol. The summed E-state index contributed by atoms with van der Waals surface area (Å²) in [4.78, 5) is -3.26. The smallest absolute Gasteiger partial charge is 0.282 e. The van der Waals surface area contributed by atoms with Crippen LogP contribution in [0.3, 0.4) is 0 Å². The van der Waals surface area contributed by atoms with Crippen molar-refractivity contribution in [2.24, 2.45) is 5.11 Å². The van der Waals surface area contributed by atoms with E-state index in [0.717, 1.165) is 6.07 Å². The predicted molar refractivity (Wildman–Crippen MR) is 77.6 cm³/mol. The first-order chi connectivity index (χ1) is 10.7. The summed E-state index contributed by atoms with van der Waals surface area (Å²) >= 11 is 0. The summed E-state index contributed by atoms with van der Waals surface area (Å²) in [5.41, 5.74) is 8.14. The lowest BCUT2D eigenvalue weighted by molar-refractivity contribution is 0.467. The van der Waals surface area contributed by atoms with E-state index in [1.807, 2.05) is 0 Å². The van der Waals surface area contributed by atoms with Gasteiger partial charge < -0.3 is 0 Å². The molecule has 2 aromatic rings. The van der Waals surface area contributed by atoms with Crippen molar-refractivity contribution in [3.8, 4) is 0 Å². The van der Waals surface area contributed by atoms with Crippen LogP contribution in [0.25, 0.3) is 10.8 Å². The number of hydrogen-bond donors (Lipinski definition) is 3. The Labute approximate surface area is 135 Å². The lowest BCUT2D eigenvalue weighted by Crippen LogP contribution is -2.08. The Morgan fingerprint density at radius 1 is 0.667 bits per heavy atom. The number of fused-ring (bicyclic) bond motifs is 1. The molecule has 0 spiro atoms. The van der Waals surface area contributed by atoms with Crippen LogP contribution in [-0.4, -0.2) is 38.9 Å². The maximum absolute atomic E-state index is 11.3. The van der Waals surface area contributed by atoms with Crippen LogP contribution >= 0.6 is 0 Å². The zero-order valence-corrected chi connectivity index (χ0v) is 13.7. The molecule has 0 amide bonds. The summed E-state index contributed by atoms with van der Waals surface area (Å²) in [5, 5.41) is 2.23. The molecule has 14 heteroatoms. The first-order valence-electron chi connectivity index (χ1n) is 5.64. The number of nitrogens with zero attached hydrogens (tertiary/aromatic N) is 2. The second-order valence-corrected chi connectivity index (χ2v) is 8.66. The van der Waals surface area contributed by atoms with E-state index >= 15 is 0 Å². The van der Waals surface area contributed by atoms with Crippen molar-refractivity contribution in [1.82, 2.24) is 5.53 Å². The molecule has 0 aliphatic rings. The van der Waals surface area contributed by atoms with Crippen LogP contribution in [-0.2, 0) is 30.4 Å². The molecule has 0 aromatic heterocycles. The molecular formula is C10H7N2O9S3. The largest absolute Gasteiger partial charge is 0.296 e. The van der Waals surface area contributed by atoms with Gasteiger partial charge in [0.1, 0.15) is 20.4 Å². The molecule has 0 aliphatic heterocycles. The molecule has 0 saturated carbocycles. The van der Waals surface area contributed by atoms with Gasteiger partial charge in [0.15, 0.2) is 0 Å². The maximum atomic E-state index is 11.3. The first-order valence-corrected chi connectivity index (χ1v) is 9.96. The number of rotatable bonds is 4. The van der Waals surface area contributed by atoms with Crippen LogP contribution < -0.4 is 5.53 Å². The van der Waals surface area contributed by atoms with Crippen molar-refractivity contribution in [3.05, 3.63) is 24.3 Å². The molecule has 24 heavy (non-hydrogen) atoms. The third kappa shape index (κ3) is 3.42. The van der Waals surface area contributed by atoms with Gasteiger partial charge in [-0.25, -0.2) is 0 Å². The Morgan fingerprint density at radius 3 is 1.33 bits per heavy atom. The second-order valence-electron chi connectivity index (χ2n) is 4.49. The third-order valence-corrected chi connectivity index (χ3v) is 5.72. The lowest BCUT2D eigenvalue weighted by Gasteiger charge is -2.09. The molecule has 0 aliphatic carbocycles. The zero-order chi connectivity index (χ0) is 18.5. The molecule has 0 heterocycles. The van der Waals surface area contributed by atoms with Gasteiger partial charge in [-0.15, -0.1) is 5.11 Å². The van der Waals surface area contributed by atoms with Crippen LogP contribution in [0.4, 0.5) is 5.69 Å². The van der Waals surface area contributed by atoms with Crippen molar-refractivity contribution < 1.29 is 38.9 Å². The molecule has 0 fully saturated rings. The first kappa shape index (κ1) is 18.4. The van der Waals surface area contributed by atoms with Gasteiger partial charge in [0.2, 0.25) is 0 Å². The molecule has 2 rings (SSSR count). The second kappa shape index (κ2) is 5.54. The molecule has 2 aromatic carbocycles. The molecule has 0 saturated heterocycles. The van der Waals surface area contributed by atoms with Crippen molar-refractivity contribution in [3.63, 3.8) is 0 Å². The van der Waals surface area contributed by atoms with Crippen molar-refractivity contribution >= 4 is 46.8 Å². The average molecular weight is 395 g/mol. The molecule has 0 bridgehead atoms. The van der Waals surface area contributed by atoms with Crippen LogP contribution in [0, 0.1) is 0 Å². The van der Waals surface area contributed by atoms with Crippen LogP contribution in [0.15, 0.2) is 44.1 Å². The van der Waals surface area contributed by atoms with Gasteiger partial charge in [-0.1, -0.05) is 0 Å². The molecule has 0 unspecified atom stereocenters. The van der Waals surface area contributed by atoms with Crippen LogP contribution in [0.5, 0.6) is 0 Å². The normalized spacial score (nSPS) is 13.1. The SMILES string of the molecule is [N]=Nc1cc2cc(S(=O)(=O)O)c(S(=O)(=O)O)cc2cc1S(=O)(=O)O.